The summed E-state index contributed by atoms with van der Waals surface area (Å²) in [5.74, 6) is 0. The fourth-order valence-corrected chi connectivity index (χ4v) is 1.54. The van der Waals surface area contributed by atoms with Crippen LogP contribution in [0.2, 0.25) is 0 Å². The van der Waals surface area contributed by atoms with E-state index in [9.17, 15) is 13.2 Å². The van der Waals surface area contributed by atoms with Crippen LogP contribution in [0, 0.1) is 0 Å². The summed E-state index contributed by atoms with van der Waals surface area (Å²) >= 11 is 0. The second-order valence-electron chi connectivity index (χ2n) is 3.87. The van der Waals surface area contributed by atoms with Gasteiger partial charge in [0.25, 0.3) is 0 Å². The molecule has 0 amide bonds. The minimum absolute atomic E-state index is 0.448. The van der Waals surface area contributed by atoms with Gasteiger partial charge in [-0.1, -0.05) is 18.2 Å². The van der Waals surface area contributed by atoms with E-state index in [0.29, 0.717) is 12.1 Å². The van der Waals surface area contributed by atoms with E-state index >= 15 is 0 Å². The molecule has 0 aliphatic carbocycles. The van der Waals surface area contributed by atoms with E-state index in [0.717, 1.165) is 25.6 Å². The molecule has 1 aromatic rings. The van der Waals surface area contributed by atoms with Crippen LogP contribution in [0.3, 0.4) is 0 Å². The van der Waals surface area contributed by atoms with Crippen LogP contribution in [0.25, 0.3) is 0 Å². The largest absolute Gasteiger partial charge is 0.416 e. The van der Waals surface area contributed by atoms with Gasteiger partial charge in [0.1, 0.15) is 0 Å². The van der Waals surface area contributed by atoms with Crippen molar-refractivity contribution < 1.29 is 13.2 Å². The van der Waals surface area contributed by atoms with E-state index < -0.39 is 11.7 Å². The first kappa shape index (κ1) is 11.4. The number of alkyl halides is 3. The van der Waals surface area contributed by atoms with Crippen molar-refractivity contribution in [1.82, 2.24) is 10.4 Å². The van der Waals surface area contributed by atoms with Gasteiger partial charge in [0.2, 0.25) is 0 Å². The molecule has 0 radical (unpaired) electrons. The number of benzene rings is 1. The molecule has 1 heterocycles. The van der Waals surface area contributed by atoms with E-state index in [1.807, 2.05) is 5.01 Å². The van der Waals surface area contributed by atoms with Gasteiger partial charge in [0, 0.05) is 19.6 Å². The van der Waals surface area contributed by atoms with E-state index in [1.54, 1.807) is 6.07 Å². The minimum atomic E-state index is -4.26. The van der Waals surface area contributed by atoms with Crippen LogP contribution in [0.1, 0.15) is 17.5 Å². The second kappa shape index (κ2) is 4.43. The standard InChI is InChI=1S/C11H13F3N2/c12-11(13,14)10-4-1-3-9(7-10)8-15-16-5-2-6-16/h1,3-4,7,15H,2,5-6,8H2. The van der Waals surface area contributed by atoms with Crippen LogP contribution in [-0.2, 0) is 12.7 Å². The molecule has 2 nitrogen and oxygen atoms in total. The van der Waals surface area contributed by atoms with Crippen LogP contribution in [0.4, 0.5) is 13.2 Å². The van der Waals surface area contributed by atoms with Gasteiger partial charge in [-0.3, -0.25) is 5.43 Å². The van der Waals surface area contributed by atoms with Crippen molar-refractivity contribution in [3.63, 3.8) is 0 Å². The Bertz CT molecular complexity index is 358. The minimum Gasteiger partial charge on any atom is -0.251 e. The van der Waals surface area contributed by atoms with E-state index in [2.05, 4.69) is 5.43 Å². The summed E-state index contributed by atoms with van der Waals surface area (Å²) in [5, 5.41) is 2.00. The van der Waals surface area contributed by atoms with Crippen LogP contribution < -0.4 is 5.43 Å². The number of nitrogens with zero attached hydrogens (tertiary/aromatic N) is 1. The van der Waals surface area contributed by atoms with Gasteiger partial charge in [-0.05, 0) is 18.1 Å². The average Bonchev–Trinajstić information content (AvgIpc) is 2.14. The summed E-state index contributed by atoms with van der Waals surface area (Å²) in [6, 6.07) is 5.41. The van der Waals surface area contributed by atoms with Gasteiger partial charge in [0.05, 0.1) is 5.56 Å². The molecule has 0 aromatic heterocycles. The molecular formula is C11H13F3N2. The van der Waals surface area contributed by atoms with Crippen molar-refractivity contribution in [2.75, 3.05) is 13.1 Å². The lowest BCUT2D eigenvalue weighted by atomic mass is 10.1. The fraction of sp³-hybridized carbons (Fsp3) is 0.455. The molecule has 2 rings (SSSR count). The number of rotatable bonds is 3. The van der Waals surface area contributed by atoms with Crippen LogP contribution in [0.15, 0.2) is 24.3 Å². The summed E-state index contributed by atoms with van der Waals surface area (Å²) in [5.41, 5.74) is 3.15. The zero-order chi connectivity index (χ0) is 11.6. The molecule has 5 heteroatoms. The Kier molecular flexibility index (Phi) is 3.16. The Hall–Kier alpha value is -1.07. The highest BCUT2D eigenvalue weighted by Crippen LogP contribution is 2.29. The van der Waals surface area contributed by atoms with Gasteiger partial charge < -0.3 is 0 Å². The molecule has 16 heavy (non-hydrogen) atoms. The molecule has 1 saturated heterocycles. The van der Waals surface area contributed by atoms with Crippen molar-refractivity contribution in [2.45, 2.75) is 19.1 Å². The number of halogens is 3. The smallest absolute Gasteiger partial charge is 0.251 e. The Morgan fingerprint density at radius 2 is 2.00 bits per heavy atom. The average molecular weight is 230 g/mol. The normalized spacial score (nSPS) is 17.2. The molecule has 0 unspecified atom stereocenters. The molecule has 0 atom stereocenters. The lowest BCUT2D eigenvalue weighted by Crippen LogP contribution is -2.46. The Balaban J connectivity index is 1.98. The highest BCUT2D eigenvalue weighted by atomic mass is 19.4. The van der Waals surface area contributed by atoms with Gasteiger partial charge in [-0.15, -0.1) is 0 Å². The topological polar surface area (TPSA) is 15.3 Å². The van der Waals surface area contributed by atoms with E-state index in [1.165, 1.54) is 12.1 Å². The fourth-order valence-electron chi connectivity index (χ4n) is 1.54. The Labute approximate surface area is 92.0 Å². The number of hydrogen-bond donors (Lipinski definition) is 1. The second-order valence-corrected chi connectivity index (χ2v) is 3.87. The predicted molar refractivity (Wildman–Crippen MR) is 54.5 cm³/mol. The van der Waals surface area contributed by atoms with Crippen molar-refractivity contribution >= 4 is 0 Å². The van der Waals surface area contributed by atoms with Crippen molar-refractivity contribution in [2.24, 2.45) is 0 Å². The quantitative estimate of drug-likeness (QED) is 0.857. The maximum absolute atomic E-state index is 12.4. The molecule has 1 aliphatic heterocycles. The lowest BCUT2D eigenvalue weighted by Gasteiger charge is -2.31. The molecule has 1 aromatic carbocycles. The SMILES string of the molecule is FC(F)(F)c1cccc(CNN2CCC2)c1. The molecule has 0 spiro atoms. The molecule has 1 N–H and O–H groups in total. The first-order valence-corrected chi connectivity index (χ1v) is 5.20. The number of nitrogens with one attached hydrogen (secondary N) is 1. The maximum Gasteiger partial charge on any atom is 0.416 e. The number of hydrogen-bond acceptors (Lipinski definition) is 2. The van der Waals surface area contributed by atoms with Crippen LogP contribution in [0.5, 0.6) is 0 Å². The molecule has 0 bridgehead atoms. The predicted octanol–water partition coefficient (Wildman–Crippen LogP) is 2.42. The van der Waals surface area contributed by atoms with Crippen molar-refractivity contribution in [3.8, 4) is 0 Å². The van der Waals surface area contributed by atoms with E-state index in [-0.39, 0.29) is 0 Å². The van der Waals surface area contributed by atoms with Crippen LogP contribution >= 0.6 is 0 Å². The van der Waals surface area contributed by atoms with Gasteiger partial charge in [-0.25, -0.2) is 5.01 Å². The molecular weight excluding hydrogens is 217 g/mol. The van der Waals surface area contributed by atoms with E-state index in [4.69, 9.17) is 0 Å². The molecule has 1 aliphatic rings. The van der Waals surface area contributed by atoms with Gasteiger partial charge in [-0.2, -0.15) is 13.2 Å². The first-order chi connectivity index (χ1) is 7.55. The summed E-state index contributed by atoms with van der Waals surface area (Å²) < 4.78 is 37.2. The zero-order valence-corrected chi connectivity index (χ0v) is 8.72. The third kappa shape index (κ3) is 2.74. The molecule has 0 saturated carbocycles. The third-order valence-electron chi connectivity index (χ3n) is 2.62. The summed E-state index contributed by atoms with van der Waals surface area (Å²) in [6.07, 6.45) is -3.11. The molecule has 1 fully saturated rings. The monoisotopic (exact) mass is 230 g/mol. The Morgan fingerprint density at radius 3 is 2.56 bits per heavy atom. The number of hydrazine groups is 1. The summed E-state index contributed by atoms with van der Waals surface area (Å²) in [4.78, 5) is 0. The molecule has 88 valence electrons. The first-order valence-electron chi connectivity index (χ1n) is 5.20. The highest BCUT2D eigenvalue weighted by molar-refractivity contribution is 5.25. The Morgan fingerprint density at radius 1 is 1.25 bits per heavy atom. The van der Waals surface area contributed by atoms with Crippen molar-refractivity contribution in [3.05, 3.63) is 35.4 Å². The van der Waals surface area contributed by atoms with Gasteiger partial charge >= 0.3 is 6.18 Å². The highest BCUT2D eigenvalue weighted by Gasteiger charge is 2.30. The summed E-state index contributed by atoms with van der Waals surface area (Å²) in [7, 11) is 0. The van der Waals surface area contributed by atoms with Crippen LogP contribution in [-0.4, -0.2) is 18.1 Å². The third-order valence-corrected chi connectivity index (χ3v) is 2.62. The van der Waals surface area contributed by atoms with Crippen molar-refractivity contribution in [1.29, 1.82) is 0 Å². The lowest BCUT2D eigenvalue weighted by molar-refractivity contribution is -0.137. The summed E-state index contributed by atoms with van der Waals surface area (Å²) in [6.45, 7) is 2.39. The van der Waals surface area contributed by atoms with Gasteiger partial charge in [0.15, 0.2) is 0 Å². The maximum atomic E-state index is 12.4. The zero-order valence-electron chi connectivity index (χ0n) is 8.72.